The molecule has 0 saturated heterocycles. The number of carbonyl (C=O) groups is 1. The Morgan fingerprint density at radius 2 is 1.90 bits per heavy atom. The summed E-state index contributed by atoms with van der Waals surface area (Å²) in [6, 6.07) is 12.6. The summed E-state index contributed by atoms with van der Waals surface area (Å²) in [6.45, 7) is 0. The number of nitrogens with two attached hydrogens (primary N) is 1. The molecule has 0 fully saturated rings. The van der Waals surface area contributed by atoms with E-state index in [1.54, 1.807) is 25.3 Å². The zero-order valence-electron chi connectivity index (χ0n) is 12.4. The summed E-state index contributed by atoms with van der Waals surface area (Å²) in [5.74, 6) is 0.346. The predicted molar refractivity (Wildman–Crippen MR) is 86.1 cm³/mol. The van der Waals surface area contributed by atoms with Gasteiger partial charge in [-0.05, 0) is 30.3 Å². The normalized spacial score (nSPS) is 10.0. The van der Waals surface area contributed by atoms with E-state index in [1.807, 2.05) is 43.3 Å². The lowest BCUT2D eigenvalue weighted by Crippen LogP contribution is -2.16. The van der Waals surface area contributed by atoms with Gasteiger partial charge in [-0.1, -0.05) is 12.1 Å². The second kappa shape index (κ2) is 6.17. The van der Waals surface area contributed by atoms with Crippen molar-refractivity contribution in [2.75, 3.05) is 37.2 Å². The van der Waals surface area contributed by atoms with Gasteiger partial charge in [0, 0.05) is 19.7 Å². The van der Waals surface area contributed by atoms with E-state index >= 15 is 0 Å². The van der Waals surface area contributed by atoms with Gasteiger partial charge in [0.1, 0.15) is 5.75 Å². The number of hydrogen-bond acceptors (Lipinski definition) is 4. The molecule has 2 aromatic rings. The zero-order valence-corrected chi connectivity index (χ0v) is 12.4. The number of hydrogen-bond donors (Lipinski definition) is 2. The maximum atomic E-state index is 12.3. The summed E-state index contributed by atoms with van der Waals surface area (Å²) < 4.78 is 5.09. The fraction of sp³-hybridized carbons (Fsp3) is 0.188. The van der Waals surface area contributed by atoms with Crippen molar-refractivity contribution in [2.45, 2.75) is 0 Å². The third kappa shape index (κ3) is 3.25. The Morgan fingerprint density at radius 1 is 1.19 bits per heavy atom. The largest absolute Gasteiger partial charge is 0.495 e. The maximum Gasteiger partial charge on any atom is 0.255 e. The maximum absolute atomic E-state index is 12.3. The van der Waals surface area contributed by atoms with Gasteiger partial charge >= 0.3 is 0 Å². The lowest BCUT2D eigenvalue weighted by atomic mass is 10.1. The van der Waals surface area contributed by atoms with E-state index in [9.17, 15) is 4.79 Å². The van der Waals surface area contributed by atoms with Gasteiger partial charge in [0.15, 0.2) is 0 Å². The topological polar surface area (TPSA) is 67.6 Å². The number of benzene rings is 2. The van der Waals surface area contributed by atoms with Gasteiger partial charge in [-0.2, -0.15) is 0 Å². The highest BCUT2D eigenvalue weighted by atomic mass is 16.5. The number of rotatable bonds is 4. The summed E-state index contributed by atoms with van der Waals surface area (Å²) in [5.41, 5.74) is 8.44. The minimum absolute atomic E-state index is 0.210. The molecule has 0 aliphatic heterocycles. The van der Waals surface area contributed by atoms with Crippen LogP contribution in [0.3, 0.4) is 0 Å². The minimum Gasteiger partial charge on any atom is -0.495 e. The zero-order chi connectivity index (χ0) is 15.4. The molecule has 0 atom stereocenters. The third-order valence-corrected chi connectivity index (χ3v) is 3.13. The molecule has 110 valence electrons. The molecule has 5 nitrogen and oxygen atoms in total. The van der Waals surface area contributed by atoms with Crippen LogP contribution in [0.5, 0.6) is 5.75 Å². The first-order valence-corrected chi connectivity index (χ1v) is 6.54. The van der Waals surface area contributed by atoms with Gasteiger partial charge in [0.2, 0.25) is 0 Å². The Balaban J connectivity index is 2.24. The van der Waals surface area contributed by atoms with Crippen LogP contribution in [0.4, 0.5) is 17.1 Å². The molecule has 2 rings (SSSR count). The highest BCUT2D eigenvalue weighted by Gasteiger charge is 2.11. The van der Waals surface area contributed by atoms with E-state index < -0.39 is 0 Å². The van der Waals surface area contributed by atoms with Crippen molar-refractivity contribution in [3.8, 4) is 5.75 Å². The van der Waals surface area contributed by atoms with Crippen LogP contribution in [0, 0.1) is 0 Å². The van der Waals surface area contributed by atoms with E-state index in [1.165, 1.54) is 0 Å². The average molecular weight is 285 g/mol. The predicted octanol–water partition coefficient (Wildman–Crippen LogP) is 2.60. The summed E-state index contributed by atoms with van der Waals surface area (Å²) in [4.78, 5) is 14.3. The standard InChI is InChI=1S/C16H19N3O2/c1-19(2)14-7-5-4-6-13(14)18-16(20)11-8-9-15(21-3)12(17)10-11/h4-10H,17H2,1-3H3,(H,18,20). The molecule has 5 heteroatoms. The van der Waals surface area contributed by atoms with Crippen molar-refractivity contribution >= 4 is 23.0 Å². The number of carbonyl (C=O) groups excluding carboxylic acids is 1. The number of para-hydroxylation sites is 2. The van der Waals surface area contributed by atoms with Crippen LogP contribution in [0.25, 0.3) is 0 Å². The first-order chi connectivity index (χ1) is 10.0. The molecule has 3 N–H and O–H groups in total. The van der Waals surface area contributed by atoms with Gasteiger partial charge < -0.3 is 20.7 Å². The summed E-state index contributed by atoms with van der Waals surface area (Å²) in [7, 11) is 5.39. The van der Waals surface area contributed by atoms with Crippen molar-refractivity contribution in [1.29, 1.82) is 0 Å². The van der Waals surface area contributed by atoms with Gasteiger partial charge in [-0.15, -0.1) is 0 Å². The number of nitrogens with zero attached hydrogens (tertiary/aromatic N) is 1. The van der Waals surface area contributed by atoms with Crippen molar-refractivity contribution in [3.05, 3.63) is 48.0 Å². The van der Waals surface area contributed by atoms with Gasteiger partial charge in [-0.3, -0.25) is 4.79 Å². The van der Waals surface area contributed by atoms with Crippen molar-refractivity contribution < 1.29 is 9.53 Å². The van der Waals surface area contributed by atoms with Crippen LogP contribution < -0.4 is 20.7 Å². The fourth-order valence-electron chi connectivity index (χ4n) is 2.04. The van der Waals surface area contributed by atoms with Crippen LogP contribution in [0.1, 0.15) is 10.4 Å². The summed E-state index contributed by atoms with van der Waals surface area (Å²) in [6.07, 6.45) is 0. The quantitative estimate of drug-likeness (QED) is 0.847. The SMILES string of the molecule is COc1ccc(C(=O)Nc2ccccc2N(C)C)cc1N. The second-order valence-corrected chi connectivity index (χ2v) is 4.82. The molecule has 1 amide bonds. The number of anilines is 3. The first kappa shape index (κ1) is 14.7. The van der Waals surface area contributed by atoms with Crippen LogP contribution in [-0.2, 0) is 0 Å². The molecule has 0 aliphatic rings. The Labute approximate surface area is 124 Å². The van der Waals surface area contributed by atoms with Crippen molar-refractivity contribution in [2.24, 2.45) is 0 Å². The molecular formula is C16H19N3O2. The van der Waals surface area contributed by atoms with Crippen LogP contribution in [-0.4, -0.2) is 27.1 Å². The van der Waals surface area contributed by atoms with E-state index in [0.717, 1.165) is 11.4 Å². The Kier molecular flexibility index (Phi) is 4.33. The minimum atomic E-state index is -0.210. The van der Waals surface area contributed by atoms with E-state index in [4.69, 9.17) is 10.5 Å². The molecular weight excluding hydrogens is 266 g/mol. The van der Waals surface area contributed by atoms with Gasteiger partial charge in [0.05, 0.1) is 24.2 Å². The van der Waals surface area contributed by atoms with E-state index in [-0.39, 0.29) is 5.91 Å². The Bertz CT molecular complexity index is 654. The molecule has 0 radical (unpaired) electrons. The number of nitrogen functional groups attached to an aromatic ring is 1. The first-order valence-electron chi connectivity index (χ1n) is 6.54. The Morgan fingerprint density at radius 3 is 2.52 bits per heavy atom. The Hall–Kier alpha value is -2.69. The van der Waals surface area contributed by atoms with Crippen molar-refractivity contribution in [1.82, 2.24) is 0 Å². The number of amides is 1. The molecule has 0 saturated carbocycles. The summed E-state index contributed by atoms with van der Waals surface area (Å²) in [5, 5.41) is 2.90. The van der Waals surface area contributed by atoms with Crippen LogP contribution in [0.2, 0.25) is 0 Å². The van der Waals surface area contributed by atoms with Crippen LogP contribution in [0.15, 0.2) is 42.5 Å². The molecule has 2 aromatic carbocycles. The highest BCUT2D eigenvalue weighted by molar-refractivity contribution is 6.06. The highest BCUT2D eigenvalue weighted by Crippen LogP contribution is 2.26. The van der Waals surface area contributed by atoms with Gasteiger partial charge in [0.25, 0.3) is 5.91 Å². The fourth-order valence-corrected chi connectivity index (χ4v) is 2.04. The molecule has 21 heavy (non-hydrogen) atoms. The molecule has 0 spiro atoms. The lowest BCUT2D eigenvalue weighted by molar-refractivity contribution is 0.102. The lowest BCUT2D eigenvalue weighted by Gasteiger charge is -2.17. The smallest absolute Gasteiger partial charge is 0.255 e. The number of ether oxygens (including phenoxy) is 1. The number of nitrogens with one attached hydrogen (secondary N) is 1. The van der Waals surface area contributed by atoms with Crippen molar-refractivity contribution in [3.63, 3.8) is 0 Å². The third-order valence-electron chi connectivity index (χ3n) is 3.13. The van der Waals surface area contributed by atoms with E-state index in [0.29, 0.717) is 17.0 Å². The van der Waals surface area contributed by atoms with Crippen LogP contribution >= 0.6 is 0 Å². The number of methoxy groups -OCH3 is 1. The second-order valence-electron chi connectivity index (χ2n) is 4.82. The summed E-state index contributed by atoms with van der Waals surface area (Å²) >= 11 is 0. The molecule has 0 aromatic heterocycles. The molecule has 0 aliphatic carbocycles. The monoisotopic (exact) mass is 285 g/mol. The molecule has 0 heterocycles. The molecule has 0 unspecified atom stereocenters. The molecule has 0 bridgehead atoms. The van der Waals surface area contributed by atoms with E-state index in [2.05, 4.69) is 5.32 Å². The average Bonchev–Trinajstić information content (AvgIpc) is 2.47. The van der Waals surface area contributed by atoms with Gasteiger partial charge in [-0.25, -0.2) is 0 Å².